The monoisotopic (exact) mass is 406 g/mol. The summed E-state index contributed by atoms with van der Waals surface area (Å²) in [6.45, 7) is 5.70. The van der Waals surface area contributed by atoms with Gasteiger partial charge in [0.25, 0.3) is 5.56 Å². The van der Waals surface area contributed by atoms with Gasteiger partial charge in [-0.15, -0.1) is 0 Å². The Bertz CT molecular complexity index is 1310. The fraction of sp³-hybridized carbons (Fsp3) is 0.318. The molecular weight excluding hydrogens is 384 g/mol. The number of nitrogens with zero attached hydrogens (tertiary/aromatic N) is 4. The average molecular weight is 406 g/mol. The fourth-order valence-corrected chi connectivity index (χ4v) is 3.27. The lowest BCUT2D eigenvalue weighted by Gasteiger charge is -2.17. The van der Waals surface area contributed by atoms with Gasteiger partial charge in [-0.2, -0.15) is 5.26 Å². The molecule has 3 aromatic rings. The molecular formula is C22H22N4O4. The van der Waals surface area contributed by atoms with Crippen LogP contribution in [0.2, 0.25) is 0 Å². The molecule has 0 atom stereocenters. The zero-order valence-electron chi connectivity index (χ0n) is 17.5. The highest BCUT2D eigenvalue weighted by Crippen LogP contribution is 2.31. The predicted molar refractivity (Wildman–Crippen MR) is 112 cm³/mol. The van der Waals surface area contributed by atoms with Gasteiger partial charge in [-0.3, -0.25) is 13.9 Å². The number of fused-ring (bicyclic) bond motifs is 1. The SMILES string of the molecule is Cc1nc2c(c(-c3ccc(C#N)cc3)c1C(=O)OCC(C)C)c(=O)n(C)c(=O)n2C. The third kappa shape index (κ3) is 3.50. The van der Waals surface area contributed by atoms with Gasteiger partial charge < -0.3 is 4.74 Å². The Morgan fingerprint density at radius 3 is 2.37 bits per heavy atom. The van der Waals surface area contributed by atoms with E-state index in [0.29, 0.717) is 22.4 Å². The van der Waals surface area contributed by atoms with Crippen LogP contribution in [-0.2, 0) is 18.8 Å². The number of esters is 1. The maximum absolute atomic E-state index is 13.1. The molecule has 0 bridgehead atoms. The minimum absolute atomic E-state index is 0.134. The van der Waals surface area contributed by atoms with Crippen molar-refractivity contribution in [3.05, 3.63) is 61.9 Å². The maximum atomic E-state index is 13.1. The topological polar surface area (TPSA) is 107 Å². The van der Waals surface area contributed by atoms with E-state index in [2.05, 4.69) is 4.98 Å². The van der Waals surface area contributed by atoms with Crippen molar-refractivity contribution in [3.63, 3.8) is 0 Å². The van der Waals surface area contributed by atoms with Crippen LogP contribution < -0.4 is 11.2 Å². The molecule has 2 heterocycles. The van der Waals surface area contributed by atoms with Crippen LogP contribution in [-0.4, -0.2) is 26.7 Å². The van der Waals surface area contributed by atoms with Gasteiger partial charge in [-0.25, -0.2) is 14.6 Å². The summed E-state index contributed by atoms with van der Waals surface area (Å²) >= 11 is 0. The highest BCUT2D eigenvalue weighted by atomic mass is 16.5. The Morgan fingerprint density at radius 1 is 1.17 bits per heavy atom. The van der Waals surface area contributed by atoms with Crippen molar-refractivity contribution >= 4 is 17.0 Å². The fourth-order valence-electron chi connectivity index (χ4n) is 3.27. The summed E-state index contributed by atoms with van der Waals surface area (Å²) in [6.07, 6.45) is 0. The van der Waals surface area contributed by atoms with Crippen LogP contribution in [0.5, 0.6) is 0 Å². The van der Waals surface area contributed by atoms with E-state index in [9.17, 15) is 14.4 Å². The number of ether oxygens (including phenoxy) is 1. The van der Waals surface area contributed by atoms with Gasteiger partial charge in [0.2, 0.25) is 0 Å². The lowest BCUT2D eigenvalue weighted by molar-refractivity contribution is 0.0458. The average Bonchev–Trinajstić information content (AvgIpc) is 2.73. The summed E-state index contributed by atoms with van der Waals surface area (Å²) in [5.41, 5.74) is 0.961. The van der Waals surface area contributed by atoms with E-state index >= 15 is 0 Å². The molecule has 0 aliphatic carbocycles. The zero-order valence-corrected chi connectivity index (χ0v) is 17.5. The lowest BCUT2D eigenvalue weighted by atomic mass is 9.95. The summed E-state index contributed by atoms with van der Waals surface area (Å²) in [5, 5.41) is 9.25. The molecule has 154 valence electrons. The molecule has 0 saturated carbocycles. The molecule has 0 aliphatic heterocycles. The largest absolute Gasteiger partial charge is 0.462 e. The van der Waals surface area contributed by atoms with Gasteiger partial charge in [0.05, 0.1) is 34.9 Å². The predicted octanol–water partition coefficient (Wildman–Crippen LogP) is 2.29. The molecule has 0 aliphatic rings. The van der Waals surface area contributed by atoms with Crippen molar-refractivity contribution in [1.29, 1.82) is 5.26 Å². The Hall–Kier alpha value is -3.73. The van der Waals surface area contributed by atoms with Crippen molar-refractivity contribution < 1.29 is 9.53 Å². The van der Waals surface area contributed by atoms with E-state index in [1.807, 2.05) is 19.9 Å². The summed E-state index contributed by atoms with van der Waals surface area (Å²) < 4.78 is 7.70. The van der Waals surface area contributed by atoms with Crippen molar-refractivity contribution in [2.24, 2.45) is 20.0 Å². The van der Waals surface area contributed by atoms with Gasteiger partial charge in [0.1, 0.15) is 5.65 Å². The number of pyridine rings is 1. The third-order valence-corrected chi connectivity index (χ3v) is 4.82. The van der Waals surface area contributed by atoms with Crippen LogP contribution in [0.4, 0.5) is 0 Å². The molecule has 0 unspecified atom stereocenters. The normalized spacial score (nSPS) is 11.0. The van der Waals surface area contributed by atoms with E-state index < -0.39 is 17.2 Å². The van der Waals surface area contributed by atoms with Gasteiger partial charge in [0.15, 0.2) is 0 Å². The number of hydrogen-bond acceptors (Lipinski definition) is 6. The number of benzene rings is 1. The second kappa shape index (κ2) is 7.95. The van der Waals surface area contributed by atoms with E-state index in [1.54, 1.807) is 31.2 Å². The molecule has 0 amide bonds. The number of carbonyl (C=O) groups excluding carboxylic acids is 1. The Kier molecular flexibility index (Phi) is 5.56. The Balaban J connectivity index is 2.47. The minimum Gasteiger partial charge on any atom is -0.462 e. The van der Waals surface area contributed by atoms with Gasteiger partial charge in [-0.1, -0.05) is 26.0 Å². The Labute approximate surface area is 173 Å². The van der Waals surface area contributed by atoms with Crippen LogP contribution in [0.15, 0.2) is 33.9 Å². The van der Waals surface area contributed by atoms with E-state index in [0.717, 1.165) is 4.57 Å². The summed E-state index contributed by atoms with van der Waals surface area (Å²) in [5.74, 6) is -0.458. The van der Waals surface area contributed by atoms with Crippen LogP contribution in [0.25, 0.3) is 22.2 Å². The molecule has 3 rings (SSSR count). The van der Waals surface area contributed by atoms with Gasteiger partial charge in [-0.05, 0) is 30.5 Å². The second-order valence-electron chi connectivity index (χ2n) is 7.53. The lowest BCUT2D eigenvalue weighted by Crippen LogP contribution is -2.38. The standard InChI is InChI=1S/C22H22N4O4/c1-12(2)11-30-21(28)16-13(3)24-19-18(20(27)26(5)22(29)25(19)4)17(16)15-8-6-14(10-23)7-9-15/h6-9,12H,11H2,1-5H3. The van der Waals surface area contributed by atoms with Crippen molar-refractivity contribution in [1.82, 2.24) is 14.1 Å². The molecule has 0 fully saturated rings. The first-order valence-electron chi connectivity index (χ1n) is 9.45. The van der Waals surface area contributed by atoms with Crippen molar-refractivity contribution in [2.75, 3.05) is 6.61 Å². The van der Waals surface area contributed by atoms with Crippen LogP contribution in [0, 0.1) is 24.2 Å². The molecule has 0 N–H and O–H groups in total. The molecule has 1 aromatic carbocycles. The molecule has 8 heteroatoms. The number of aromatic nitrogens is 3. The van der Waals surface area contributed by atoms with Crippen LogP contribution >= 0.6 is 0 Å². The second-order valence-corrected chi connectivity index (χ2v) is 7.53. The minimum atomic E-state index is -0.592. The summed E-state index contributed by atoms with van der Waals surface area (Å²) in [4.78, 5) is 42.9. The quantitative estimate of drug-likeness (QED) is 0.615. The smallest absolute Gasteiger partial charge is 0.340 e. The van der Waals surface area contributed by atoms with E-state index in [-0.39, 0.29) is 29.1 Å². The molecule has 2 aromatic heterocycles. The zero-order chi connectivity index (χ0) is 22.2. The highest BCUT2D eigenvalue weighted by molar-refractivity contribution is 6.07. The number of aryl methyl sites for hydroxylation is 2. The molecule has 0 spiro atoms. The Morgan fingerprint density at radius 2 is 1.80 bits per heavy atom. The van der Waals surface area contributed by atoms with E-state index in [4.69, 9.17) is 10.00 Å². The first kappa shape index (κ1) is 21.0. The van der Waals surface area contributed by atoms with Gasteiger partial charge >= 0.3 is 11.7 Å². The highest BCUT2D eigenvalue weighted by Gasteiger charge is 2.25. The first-order valence-corrected chi connectivity index (χ1v) is 9.45. The van der Waals surface area contributed by atoms with Crippen LogP contribution in [0.3, 0.4) is 0 Å². The number of hydrogen-bond donors (Lipinski definition) is 0. The molecule has 8 nitrogen and oxygen atoms in total. The molecule has 0 saturated heterocycles. The van der Waals surface area contributed by atoms with E-state index in [1.165, 1.54) is 18.7 Å². The molecule has 0 radical (unpaired) electrons. The summed E-state index contributed by atoms with van der Waals surface area (Å²) in [6, 6.07) is 8.58. The summed E-state index contributed by atoms with van der Waals surface area (Å²) in [7, 11) is 2.90. The van der Waals surface area contributed by atoms with Crippen molar-refractivity contribution in [3.8, 4) is 17.2 Å². The number of nitriles is 1. The number of carbonyl (C=O) groups is 1. The number of rotatable bonds is 4. The van der Waals surface area contributed by atoms with Crippen LogP contribution in [0.1, 0.15) is 35.5 Å². The first-order chi connectivity index (χ1) is 14.2. The van der Waals surface area contributed by atoms with Gasteiger partial charge in [0, 0.05) is 19.7 Å². The van der Waals surface area contributed by atoms with Crippen molar-refractivity contribution in [2.45, 2.75) is 20.8 Å². The maximum Gasteiger partial charge on any atom is 0.340 e. The third-order valence-electron chi connectivity index (χ3n) is 4.82. The molecule has 30 heavy (non-hydrogen) atoms.